The van der Waals surface area contributed by atoms with E-state index in [1.165, 1.54) is 45.3 Å². The first kappa shape index (κ1) is 14.9. The van der Waals surface area contributed by atoms with Crippen molar-refractivity contribution in [2.24, 2.45) is 0 Å². The molecule has 0 radical (unpaired) electrons. The molecule has 1 saturated heterocycles. The molecule has 0 aliphatic carbocycles. The Balaban J connectivity index is 2.26. The Morgan fingerprint density at radius 2 is 2.06 bits per heavy atom. The summed E-state index contributed by atoms with van der Waals surface area (Å²) in [5.74, 6) is 0. The van der Waals surface area contributed by atoms with Crippen molar-refractivity contribution in [2.45, 2.75) is 51.6 Å². The second kappa shape index (κ2) is 8.06. The van der Waals surface area contributed by atoms with Crippen LogP contribution >= 0.6 is 0 Å². The van der Waals surface area contributed by atoms with Gasteiger partial charge in [-0.15, -0.1) is 0 Å². The van der Waals surface area contributed by atoms with Crippen molar-refractivity contribution in [1.82, 2.24) is 15.1 Å². The summed E-state index contributed by atoms with van der Waals surface area (Å²) in [6.45, 7) is 9.57. The van der Waals surface area contributed by atoms with E-state index in [2.05, 4.69) is 43.1 Å². The average Bonchev–Trinajstić information content (AvgIpc) is 2.43. The molecule has 3 heteroatoms. The van der Waals surface area contributed by atoms with Gasteiger partial charge in [-0.25, -0.2) is 0 Å². The molecule has 1 aliphatic rings. The molecule has 0 aromatic carbocycles. The third-order valence-electron chi connectivity index (χ3n) is 3.52. The molecule has 1 aliphatic heterocycles. The van der Waals surface area contributed by atoms with Crippen LogP contribution in [0.1, 0.15) is 39.5 Å². The van der Waals surface area contributed by atoms with E-state index in [0.29, 0.717) is 6.04 Å². The molecular weight excluding hydrogens is 210 g/mol. The van der Waals surface area contributed by atoms with Crippen LogP contribution in [0.4, 0.5) is 0 Å². The van der Waals surface area contributed by atoms with Crippen LogP contribution in [0, 0.1) is 0 Å². The lowest BCUT2D eigenvalue weighted by Gasteiger charge is -2.24. The number of nitrogens with one attached hydrogen (secondary N) is 1. The van der Waals surface area contributed by atoms with Gasteiger partial charge in [0.25, 0.3) is 0 Å². The predicted octanol–water partition coefficient (Wildman–Crippen LogP) is 1.79. The molecule has 2 atom stereocenters. The normalized spacial score (nSPS) is 24.9. The Bertz CT molecular complexity index is 194. The summed E-state index contributed by atoms with van der Waals surface area (Å²) in [6.07, 6.45) is 5.30. The van der Waals surface area contributed by atoms with Gasteiger partial charge in [0.1, 0.15) is 0 Å². The van der Waals surface area contributed by atoms with Crippen LogP contribution in [0.15, 0.2) is 0 Å². The molecule has 1 fully saturated rings. The molecule has 0 aromatic rings. The standard InChI is InChI=1S/C14H31N3/c1-5-9-17-10-6-7-14(8-11-17)15-13(2)12-16(3)4/h13-15H,5-12H2,1-4H3. The van der Waals surface area contributed by atoms with Crippen molar-refractivity contribution >= 4 is 0 Å². The molecule has 0 aromatic heterocycles. The number of likely N-dealkylation sites (tertiary alicyclic amines) is 1. The van der Waals surface area contributed by atoms with E-state index in [9.17, 15) is 0 Å². The van der Waals surface area contributed by atoms with E-state index >= 15 is 0 Å². The van der Waals surface area contributed by atoms with Gasteiger partial charge >= 0.3 is 0 Å². The minimum absolute atomic E-state index is 0.604. The van der Waals surface area contributed by atoms with E-state index in [1.807, 2.05) is 0 Å². The molecular formula is C14H31N3. The summed E-state index contributed by atoms with van der Waals surface area (Å²) in [4.78, 5) is 4.88. The lowest BCUT2D eigenvalue weighted by atomic mass is 10.1. The zero-order valence-corrected chi connectivity index (χ0v) is 12.2. The molecule has 0 saturated carbocycles. The fourth-order valence-corrected chi connectivity index (χ4v) is 2.87. The van der Waals surface area contributed by atoms with E-state index in [4.69, 9.17) is 0 Å². The van der Waals surface area contributed by atoms with Crippen LogP contribution in [0.3, 0.4) is 0 Å². The topological polar surface area (TPSA) is 18.5 Å². The molecule has 0 amide bonds. The summed E-state index contributed by atoms with van der Waals surface area (Å²) in [7, 11) is 4.29. The van der Waals surface area contributed by atoms with Gasteiger partial charge in [0.2, 0.25) is 0 Å². The van der Waals surface area contributed by atoms with Crippen LogP contribution in [0.2, 0.25) is 0 Å². The molecule has 1 rings (SSSR count). The maximum absolute atomic E-state index is 3.78. The molecule has 0 spiro atoms. The zero-order valence-electron chi connectivity index (χ0n) is 12.2. The van der Waals surface area contributed by atoms with Crippen LogP contribution in [0.25, 0.3) is 0 Å². The fraction of sp³-hybridized carbons (Fsp3) is 1.00. The van der Waals surface area contributed by atoms with Crippen LogP contribution in [-0.4, -0.2) is 62.2 Å². The highest BCUT2D eigenvalue weighted by atomic mass is 15.1. The molecule has 3 nitrogen and oxygen atoms in total. The van der Waals surface area contributed by atoms with Crippen LogP contribution in [0.5, 0.6) is 0 Å². The number of hydrogen-bond acceptors (Lipinski definition) is 3. The summed E-state index contributed by atoms with van der Waals surface area (Å²) >= 11 is 0. The van der Waals surface area contributed by atoms with Gasteiger partial charge in [-0.1, -0.05) is 6.92 Å². The SMILES string of the molecule is CCCN1CCCC(NC(C)CN(C)C)CC1. The highest BCUT2D eigenvalue weighted by Gasteiger charge is 2.17. The van der Waals surface area contributed by atoms with Crippen LogP contribution in [-0.2, 0) is 0 Å². The van der Waals surface area contributed by atoms with E-state index in [-0.39, 0.29) is 0 Å². The predicted molar refractivity (Wildman–Crippen MR) is 75.5 cm³/mol. The summed E-state index contributed by atoms with van der Waals surface area (Å²) < 4.78 is 0. The first-order chi connectivity index (χ1) is 8.11. The maximum atomic E-state index is 3.78. The van der Waals surface area contributed by atoms with Gasteiger partial charge in [0, 0.05) is 18.6 Å². The third kappa shape index (κ3) is 6.39. The van der Waals surface area contributed by atoms with E-state index < -0.39 is 0 Å². The molecule has 1 N–H and O–H groups in total. The van der Waals surface area contributed by atoms with Gasteiger partial charge in [0.05, 0.1) is 0 Å². The second-order valence-corrected chi connectivity index (χ2v) is 5.80. The largest absolute Gasteiger partial charge is 0.310 e. The minimum atomic E-state index is 0.604. The van der Waals surface area contributed by atoms with Crippen LogP contribution < -0.4 is 5.32 Å². The van der Waals surface area contributed by atoms with Gasteiger partial charge in [-0.05, 0) is 66.3 Å². The highest BCUT2D eigenvalue weighted by molar-refractivity contribution is 4.78. The van der Waals surface area contributed by atoms with Gasteiger partial charge < -0.3 is 15.1 Å². The summed E-state index contributed by atoms with van der Waals surface area (Å²) in [5.41, 5.74) is 0. The van der Waals surface area contributed by atoms with E-state index in [1.54, 1.807) is 0 Å². The number of likely N-dealkylation sites (N-methyl/N-ethyl adjacent to an activating group) is 1. The lowest BCUT2D eigenvalue weighted by molar-refractivity contribution is 0.277. The van der Waals surface area contributed by atoms with Crippen molar-refractivity contribution in [3.63, 3.8) is 0 Å². The molecule has 2 unspecified atom stereocenters. The number of rotatable bonds is 6. The van der Waals surface area contributed by atoms with Gasteiger partial charge in [-0.3, -0.25) is 0 Å². The molecule has 1 heterocycles. The van der Waals surface area contributed by atoms with E-state index in [0.717, 1.165) is 12.6 Å². The van der Waals surface area contributed by atoms with Crippen molar-refractivity contribution in [2.75, 3.05) is 40.3 Å². The fourth-order valence-electron chi connectivity index (χ4n) is 2.87. The Hall–Kier alpha value is -0.120. The average molecular weight is 241 g/mol. The van der Waals surface area contributed by atoms with Crippen molar-refractivity contribution in [3.8, 4) is 0 Å². The Morgan fingerprint density at radius 1 is 1.29 bits per heavy atom. The highest BCUT2D eigenvalue weighted by Crippen LogP contribution is 2.12. The molecule has 17 heavy (non-hydrogen) atoms. The second-order valence-electron chi connectivity index (χ2n) is 5.80. The number of nitrogens with zero attached hydrogens (tertiary/aromatic N) is 2. The van der Waals surface area contributed by atoms with Gasteiger partial charge in [0.15, 0.2) is 0 Å². The van der Waals surface area contributed by atoms with Crippen molar-refractivity contribution in [3.05, 3.63) is 0 Å². The Morgan fingerprint density at radius 3 is 2.71 bits per heavy atom. The monoisotopic (exact) mass is 241 g/mol. The minimum Gasteiger partial charge on any atom is -0.310 e. The maximum Gasteiger partial charge on any atom is 0.0169 e. The Kier molecular flexibility index (Phi) is 7.09. The quantitative estimate of drug-likeness (QED) is 0.765. The third-order valence-corrected chi connectivity index (χ3v) is 3.52. The number of hydrogen-bond donors (Lipinski definition) is 1. The van der Waals surface area contributed by atoms with Crippen molar-refractivity contribution in [1.29, 1.82) is 0 Å². The summed E-state index contributed by atoms with van der Waals surface area (Å²) in [6, 6.07) is 1.33. The first-order valence-corrected chi connectivity index (χ1v) is 7.25. The molecule has 102 valence electrons. The smallest absolute Gasteiger partial charge is 0.0169 e. The Labute approximate surface area is 108 Å². The summed E-state index contributed by atoms with van der Waals surface area (Å²) in [5, 5.41) is 3.78. The first-order valence-electron chi connectivity index (χ1n) is 7.25. The lowest BCUT2D eigenvalue weighted by Crippen LogP contribution is -2.42. The van der Waals surface area contributed by atoms with Crippen molar-refractivity contribution < 1.29 is 0 Å². The zero-order chi connectivity index (χ0) is 12.7. The molecule has 0 bridgehead atoms. The van der Waals surface area contributed by atoms with Gasteiger partial charge in [-0.2, -0.15) is 0 Å².